The number of carboxylic acids is 1. The predicted octanol–water partition coefficient (Wildman–Crippen LogP) is 5.27. The SMILES string of the molecule is CS(=O)(=O)CCc1cc(CC(=O)O)ccc1Oc1ccc(C(=O)Cc2ccc3ccccc3c2)cc1. The maximum atomic E-state index is 12.8. The molecule has 6 nitrogen and oxygen atoms in total. The van der Waals surface area contributed by atoms with Crippen molar-refractivity contribution >= 4 is 32.4 Å². The Labute approximate surface area is 210 Å². The lowest BCUT2D eigenvalue weighted by atomic mass is 10.00. The Bertz CT molecular complexity index is 1520. The zero-order valence-corrected chi connectivity index (χ0v) is 20.6. The van der Waals surface area contributed by atoms with E-state index in [1.54, 1.807) is 42.5 Å². The molecule has 0 radical (unpaired) electrons. The van der Waals surface area contributed by atoms with Crippen LogP contribution in [-0.2, 0) is 33.9 Å². The van der Waals surface area contributed by atoms with Gasteiger partial charge in [-0.25, -0.2) is 8.42 Å². The summed E-state index contributed by atoms with van der Waals surface area (Å²) >= 11 is 0. The Morgan fingerprint density at radius 1 is 0.806 bits per heavy atom. The fourth-order valence-electron chi connectivity index (χ4n) is 3.98. The lowest BCUT2D eigenvalue weighted by Gasteiger charge is -2.13. The minimum atomic E-state index is -3.21. The van der Waals surface area contributed by atoms with Crippen LogP contribution in [0.4, 0.5) is 0 Å². The van der Waals surface area contributed by atoms with Gasteiger partial charge in [0, 0.05) is 18.2 Å². The third-order valence-electron chi connectivity index (χ3n) is 5.81. The first-order valence-electron chi connectivity index (χ1n) is 11.5. The van der Waals surface area contributed by atoms with Crippen molar-refractivity contribution in [3.8, 4) is 11.5 Å². The van der Waals surface area contributed by atoms with Crippen LogP contribution in [0.1, 0.15) is 27.0 Å². The molecular weight excluding hydrogens is 476 g/mol. The Balaban J connectivity index is 1.48. The maximum absolute atomic E-state index is 12.8. The summed E-state index contributed by atoms with van der Waals surface area (Å²) in [4.78, 5) is 23.9. The number of hydrogen-bond donors (Lipinski definition) is 1. The highest BCUT2D eigenvalue weighted by molar-refractivity contribution is 7.90. The Morgan fingerprint density at radius 2 is 1.47 bits per heavy atom. The second-order valence-corrected chi connectivity index (χ2v) is 11.1. The van der Waals surface area contributed by atoms with Crippen LogP contribution in [0.2, 0.25) is 0 Å². The molecule has 4 aromatic rings. The smallest absolute Gasteiger partial charge is 0.307 e. The number of hydrogen-bond acceptors (Lipinski definition) is 5. The summed E-state index contributed by atoms with van der Waals surface area (Å²) in [5.41, 5.74) is 2.67. The molecule has 0 atom stereocenters. The van der Waals surface area contributed by atoms with E-state index in [1.807, 2.05) is 42.5 Å². The van der Waals surface area contributed by atoms with E-state index >= 15 is 0 Å². The molecular formula is C29H26O6S. The van der Waals surface area contributed by atoms with E-state index in [0.29, 0.717) is 28.2 Å². The third kappa shape index (κ3) is 6.79. The molecule has 0 saturated carbocycles. The number of aryl methyl sites for hydroxylation is 1. The van der Waals surface area contributed by atoms with E-state index in [-0.39, 0.29) is 30.8 Å². The minimum absolute atomic E-state index is 0.0105. The van der Waals surface area contributed by atoms with Crippen LogP contribution in [0.15, 0.2) is 84.9 Å². The van der Waals surface area contributed by atoms with Gasteiger partial charge in [-0.1, -0.05) is 54.6 Å². The van der Waals surface area contributed by atoms with E-state index in [4.69, 9.17) is 9.84 Å². The number of rotatable bonds is 10. The lowest BCUT2D eigenvalue weighted by Crippen LogP contribution is -2.08. The van der Waals surface area contributed by atoms with Crippen molar-refractivity contribution in [1.82, 2.24) is 0 Å². The molecule has 0 spiro atoms. The minimum Gasteiger partial charge on any atom is -0.481 e. The van der Waals surface area contributed by atoms with Crippen molar-refractivity contribution in [3.63, 3.8) is 0 Å². The van der Waals surface area contributed by atoms with Crippen LogP contribution in [0.25, 0.3) is 10.8 Å². The molecule has 0 aliphatic rings. The number of carbonyl (C=O) groups is 2. The lowest BCUT2D eigenvalue weighted by molar-refractivity contribution is -0.136. The van der Waals surface area contributed by atoms with Gasteiger partial charge in [-0.05, 0) is 64.2 Å². The van der Waals surface area contributed by atoms with Gasteiger partial charge in [0.05, 0.1) is 12.2 Å². The quantitative estimate of drug-likeness (QED) is 0.297. The molecule has 0 aliphatic heterocycles. The summed E-state index contributed by atoms with van der Waals surface area (Å²) in [5.74, 6) is -0.125. The first kappa shape index (κ1) is 25.1. The monoisotopic (exact) mass is 502 g/mol. The molecule has 36 heavy (non-hydrogen) atoms. The van der Waals surface area contributed by atoms with Crippen molar-refractivity contribution in [2.75, 3.05) is 12.0 Å². The van der Waals surface area contributed by atoms with Crippen molar-refractivity contribution in [1.29, 1.82) is 0 Å². The van der Waals surface area contributed by atoms with Gasteiger partial charge in [0.2, 0.25) is 0 Å². The standard InChI is InChI=1S/C29H26O6S/c1-36(33,34)15-14-25-17-21(19-29(31)32)7-13-28(25)35-26-11-9-23(10-12-26)27(30)18-20-6-8-22-4-2-3-5-24(22)16-20/h2-13,16-17H,14-15,18-19H2,1H3,(H,31,32). The van der Waals surface area contributed by atoms with Crippen LogP contribution < -0.4 is 4.74 Å². The molecule has 0 unspecified atom stereocenters. The molecule has 0 fully saturated rings. The van der Waals surface area contributed by atoms with Gasteiger partial charge in [0.25, 0.3) is 0 Å². The summed E-state index contributed by atoms with van der Waals surface area (Å²) in [6.07, 6.45) is 1.47. The van der Waals surface area contributed by atoms with E-state index in [1.165, 1.54) is 0 Å². The van der Waals surface area contributed by atoms with Crippen molar-refractivity contribution in [2.45, 2.75) is 19.3 Å². The summed E-state index contributed by atoms with van der Waals surface area (Å²) in [6, 6.07) is 25.8. The number of sulfone groups is 1. The summed E-state index contributed by atoms with van der Waals surface area (Å²) in [5, 5.41) is 11.3. The highest BCUT2D eigenvalue weighted by Crippen LogP contribution is 2.28. The van der Waals surface area contributed by atoms with Gasteiger partial charge in [0.15, 0.2) is 5.78 Å². The fraction of sp³-hybridized carbons (Fsp3) is 0.172. The Hall–Kier alpha value is -3.97. The molecule has 4 aromatic carbocycles. The zero-order valence-electron chi connectivity index (χ0n) is 19.8. The van der Waals surface area contributed by atoms with Crippen LogP contribution in [0.5, 0.6) is 11.5 Å². The Kier molecular flexibility index (Phi) is 7.50. The van der Waals surface area contributed by atoms with E-state index < -0.39 is 15.8 Å². The van der Waals surface area contributed by atoms with Gasteiger partial charge >= 0.3 is 5.97 Å². The summed E-state index contributed by atoms with van der Waals surface area (Å²) in [7, 11) is -3.21. The first-order valence-corrected chi connectivity index (χ1v) is 13.5. The number of Topliss-reactive ketones (excluding diaryl/α,β-unsaturated/α-hetero) is 1. The number of benzene rings is 4. The van der Waals surface area contributed by atoms with Gasteiger partial charge in [-0.15, -0.1) is 0 Å². The molecule has 0 aromatic heterocycles. The number of carbonyl (C=O) groups excluding carboxylic acids is 1. The molecule has 0 aliphatic carbocycles. The maximum Gasteiger partial charge on any atom is 0.307 e. The normalized spacial score (nSPS) is 11.4. The van der Waals surface area contributed by atoms with Crippen LogP contribution in [0, 0.1) is 0 Å². The van der Waals surface area contributed by atoms with Crippen LogP contribution in [0.3, 0.4) is 0 Å². The number of fused-ring (bicyclic) bond motifs is 1. The van der Waals surface area contributed by atoms with E-state index in [9.17, 15) is 18.0 Å². The molecule has 184 valence electrons. The fourth-order valence-corrected chi connectivity index (χ4v) is 4.57. The number of aliphatic carboxylic acids is 1. The van der Waals surface area contributed by atoms with Gasteiger partial charge in [-0.3, -0.25) is 9.59 Å². The molecule has 0 bridgehead atoms. The zero-order chi connectivity index (χ0) is 25.7. The molecule has 4 rings (SSSR count). The number of ketones is 1. The molecule has 0 amide bonds. The number of ether oxygens (including phenoxy) is 1. The van der Waals surface area contributed by atoms with Crippen molar-refractivity contribution in [3.05, 3.63) is 107 Å². The van der Waals surface area contributed by atoms with Crippen LogP contribution in [-0.4, -0.2) is 37.3 Å². The van der Waals surface area contributed by atoms with Crippen molar-refractivity contribution in [2.24, 2.45) is 0 Å². The molecule has 0 heterocycles. The predicted molar refractivity (Wildman–Crippen MR) is 140 cm³/mol. The largest absolute Gasteiger partial charge is 0.481 e. The first-order chi connectivity index (χ1) is 17.2. The topological polar surface area (TPSA) is 97.7 Å². The highest BCUT2D eigenvalue weighted by atomic mass is 32.2. The van der Waals surface area contributed by atoms with Crippen molar-refractivity contribution < 1.29 is 27.9 Å². The van der Waals surface area contributed by atoms with Crippen LogP contribution >= 0.6 is 0 Å². The molecule has 0 saturated heterocycles. The van der Waals surface area contributed by atoms with E-state index in [2.05, 4.69) is 0 Å². The van der Waals surface area contributed by atoms with E-state index in [0.717, 1.165) is 22.6 Å². The average molecular weight is 503 g/mol. The second-order valence-electron chi connectivity index (χ2n) is 8.80. The third-order valence-corrected chi connectivity index (χ3v) is 6.75. The average Bonchev–Trinajstić information content (AvgIpc) is 2.83. The number of carboxylic acid groups (broad SMARTS) is 1. The van der Waals surface area contributed by atoms with Gasteiger partial charge in [-0.2, -0.15) is 0 Å². The Morgan fingerprint density at radius 3 is 2.17 bits per heavy atom. The summed E-state index contributed by atoms with van der Waals surface area (Å²) < 4.78 is 29.3. The molecule has 1 N–H and O–H groups in total. The molecule has 7 heteroatoms. The summed E-state index contributed by atoms with van der Waals surface area (Å²) in [6.45, 7) is 0. The van der Waals surface area contributed by atoms with Gasteiger partial charge in [0.1, 0.15) is 21.3 Å². The highest BCUT2D eigenvalue weighted by Gasteiger charge is 2.13. The second kappa shape index (κ2) is 10.7. The van der Waals surface area contributed by atoms with Gasteiger partial charge < -0.3 is 9.84 Å².